The number of carbonyl (C=O) groups is 2. The number of anilines is 1. The van der Waals surface area contributed by atoms with E-state index in [1.54, 1.807) is 30.8 Å². The highest BCUT2D eigenvalue weighted by Crippen LogP contribution is 2.29. The average Bonchev–Trinajstić information content (AvgIpc) is 2.76. The average molecular weight is 311 g/mol. The van der Waals surface area contributed by atoms with Crippen molar-refractivity contribution in [3.8, 4) is 0 Å². The summed E-state index contributed by atoms with van der Waals surface area (Å²) in [5, 5.41) is 10.4. The first-order valence-electron chi connectivity index (χ1n) is 6.20. The number of benzene rings is 1. The molecule has 1 aromatic heterocycles. The van der Waals surface area contributed by atoms with E-state index < -0.39 is 18.0 Å². The number of carbonyl (C=O) groups excluding carboxylic acids is 2. The Bertz CT molecular complexity index is 698. The Hall–Kier alpha value is -2.28. The molecule has 8 heteroatoms. The summed E-state index contributed by atoms with van der Waals surface area (Å²) >= 11 is 6.15. The number of aromatic nitrogens is 2. The Labute approximate surface area is 126 Å². The Morgan fingerprint density at radius 2 is 2.14 bits per heavy atom. The van der Waals surface area contributed by atoms with Crippen molar-refractivity contribution in [1.82, 2.24) is 15.1 Å². The third kappa shape index (κ3) is 3.08. The van der Waals surface area contributed by atoms with Gasteiger partial charge in [-0.1, -0.05) is 17.7 Å². The molecule has 21 heavy (non-hydrogen) atoms. The molecule has 1 aromatic carbocycles. The second kappa shape index (κ2) is 6.01. The molecule has 1 heterocycles. The molecule has 0 spiro atoms. The van der Waals surface area contributed by atoms with Crippen LogP contribution in [-0.2, 0) is 16.6 Å². The van der Waals surface area contributed by atoms with Crippen LogP contribution >= 0.6 is 11.6 Å². The molecule has 0 fully saturated rings. The van der Waals surface area contributed by atoms with E-state index >= 15 is 0 Å². The molecule has 0 radical (unpaired) electrons. The van der Waals surface area contributed by atoms with E-state index in [0.717, 1.165) is 5.52 Å². The first-order valence-corrected chi connectivity index (χ1v) is 6.58. The summed E-state index contributed by atoms with van der Waals surface area (Å²) in [5.74, 6) is -0.0677. The number of alkyl carbamates (subject to hydrolysis) is 1. The molecule has 2 amide bonds. The van der Waals surface area contributed by atoms with E-state index in [-0.39, 0.29) is 0 Å². The minimum atomic E-state index is -0.767. The largest absolute Gasteiger partial charge is 0.453 e. The normalized spacial score (nSPS) is 12.0. The molecule has 0 aliphatic rings. The minimum absolute atomic E-state index is 0.349. The van der Waals surface area contributed by atoms with Crippen molar-refractivity contribution in [1.29, 1.82) is 0 Å². The Morgan fingerprint density at radius 3 is 2.81 bits per heavy atom. The summed E-state index contributed by atoms with van der Waals surface area (Å²) < 4.78 is 6.06. The number of rotatable bonds is 3. The molecule has 0 aliphatic heterocycles. The van der Waals surface area contributed by atoms with Gasteiger partial charge < -0.3 is 15.4 Å². The van der Waals surface area contributed by atoms with E-state index in [1.807, 2.05) is 6.07 Å². The first kappa shape index (κ1) is 15.1. The topological polar surface area (TPSA) is 85.2 Å². The zero-order chi connectivity index (χ0) is 15.6. The number of halogens is 1. The van der Waals surface area contributed by atoms with Gasteiger partial charge in [0.25, 0.3) is 0 Å². The molecule has 1 unspecified atom stereocenters. The van der Waals surface area contributed by atoms with Gasteiger partial charge >= 0.3 is 6.09 Å². The van der Waals surface area contributed by atoms with Gasteiger partial charge in [-0.25, -0.2) is 4.79 Å². The van der Waals surface area contributed by atoms with E-state index in [0.29, 0.717) is 16.2 Å². The number of hydrogen-bond donors (Lipinski definition) is 2. The zero-order valence-corrected chi connectivity index (χ0v) is 12.6. The smallest absolute Gasteiger partial charge is 0.407 e. The van der Waals surface area contributed by atoms with Gasteiger partial charge in [0.15, 0.2) is 5.82 Å². The van der Waals surface area contributed by atoms with Gasteiger partial charge in [0.2, 0.25) is 5.91 Å². The van der Waals surface area contributed by atoms with Crippen LogP contribution in [0.2, 0.25) is 5.02 Å². The number of amides is 2. The van der Waals surface area contributed by atoms with Crippen molar-refractivity contribution in [2.24, 2.45) is 7.05 Å². The Balaban J connectivity index is 2.24. The van der Waals surface area contributed by atoms with Crippen LogP contribution in [0, 0.1) is 0 Å². The molecule has 0 saturated carbocycles. The number of fused-ring (bicyclic) bond motifs is 1. The maximum absolute atomic E-state index is 12.1. The molecule has 0 saturated heterocycles. The van der Waals surface area contributed by atoms with Crippen molar-refractivity contribution in [3.05, 3.63) is 23.2 Å². The molecule has 112 valence electrons. The van der Waals surface area contributed by atoms with Crippen molar-refractivity contribution >= 4 is 40.3 Å². The number of nitrogens with zero attached hydrogens (tertiary/aromatic N) is 2. The molecule has 7 nitrogen and oxygen atoms in total. The summed E-state index contributed by atoms with van der Waals surface area (Å²) in [6.45, 7) is 1.54. The van der Waals surface area contributed by atoms with Crippen LogP contribution in [0.4, 0.5) is 10.6 Å². The quantitative estimate of drug-likeness (QED) is 0.907. The van der Waals surface area contributed by atoms with E-state index in [9.17, 15) is 9.59 Å². The minimum Gasteiger partial charge on any atom is -0.453 e. The van der Waals surface area contributed by atoms with E-state index in [4.69, 9.17) is 11.6 Å². The van der Waals surface area contributed by atoms with E-state index in [1.165, 1.54) is 7.11 Å². The molecule has 2 N–H and O–H groups in total. The lowest BCUT2D eigenvalue weighted by Crippen LogP contribution is -2.41. The maximum atomic E-state index is 12.1. The van der Waals surface area contributed by atoms with Gasteiger partial charge in [-0.3, -0.25) is 9.48 Å². The highest BCUT2D eigenvalue weighted by atomic mass is 35.5. The van der Waals surface area contributed by atoms with Crippen LogP contribution in [0.1, 0.15) is 6.92 Å². The second-order valence-corrected chi connectivity index (χ2v) is 4.86. The highest BCUT2D eigenvalue weighted by Gasteiger charge is 2.19. The summed E-state index contributed by atoms with van der Waals surface area (Å²) in [4.78, 5) is 23.1. The summed E-state index contributed by atoms with van der Waals surface area (Å²) in [7, 11) is 2.98. The molecule has 0 aliphatic carbocycles. The summed E-state index contributed by atoms with van der Waals surface area (Å²) in [6.07, 6.45) is -0.679. The SMILES string of the molecule is COC(=O)NC(C)C(=O)Nc1nn(C)c2cccc(Cl)c12. The van der Waals surface area contributed by atoms with Gasteiger partial charge in [0.05, 0.1) is 23.0 Å². The predicted octanol–water partition coefficient (Wildman–Crippen LogP) is 1.91. The van der Waals surface area contributed by atoms with Crippen LogP contribution in [0.25, 0.3) is 10.9 Å². The molecule has 2 rings (SSSR count). The third-order valence-corrected chi connectivity index (χ3v) is 3.30. The molecule has 1 atom stereocenters. The van der Waals surface area contributed by atoms with Crippen LogP contribution in [0.15, 0.2) is 18.2 Å². The van der Waals surface area contributed by atoms with Crippen LogP contribution < -0.4 is 10.6 Å². The van der Waals surface area contributed by atoms with Crippen LogP contribution in [-0.4, -0.2) is 34.9 Å². The fourth-order valence-corrected chi connectivity index (χ4v) is 2.14. The Morgan fingerprint density at radius 1 is 1.43 bits per heavy atom. The fourth-order valence-electron chi connectivity index (χ4n) is 1.88. The monoisotopic (exact) mass is 310 g/mol. The van der Waals surface area contributed by atoms with Gasteiger partial charge in [0.1, 0.15) is 6.04 Å². The second-order valence-electron chi connectivity index (χ2n) is 4.45. The lowest BCUT2D eigenvalue weighted by Gasteiger charge is -2.12. The van der Waals surface area contributed by atoms with Crippen LogP contribution in [0.5, 0.6) is 0 Å². The van der Waals surface area contributed by atoms with Gasteiger partial charge in [-0.05, 0) is 19.1 Å². The lowest BCUT2D eigenvalue weighted by atomic mass is 10.2. The van der Waals surface area contributed by atoms with Gasteiger partial charge in [0, 0.05) is 7.05 Å². The van der Waals surface area contributed by atoms with Crippen molar-refractivity contribution in [2.45, 2.75) is 13.0 Å². The number of hydrogen-bond acceptors (Lipinski definition) is 4. The fraction of sp³-hybridized carbons (Fsp3) is 0.308. The van der Waals surface area contributed by atoms with Gasteiger partial charge in [-0.15, -0.1) is 0 Å². The standard InChI is InChI=1S/C13H15ClN4O3/c1-7(15-13(20)21-3)12(19)16-11-10-8(14)5-4-6-9(10)18(2)17-11/h4-7H,1-3H3,(H,15,20)(H,16,17,19). The lowest BCUT2D eigenvalue weighted by molar-refractivity contribution is -0.117. The molecule has 0 bridgehead atoms. The maximum Gasteiger partial charge on any atom is 0.407 e. The number of aryl methyl sites for hydroxylation is 1. The predicted molar refractivity (Wildman–Crippen MR) is 79.4 cm³/mol. The van der Waals surface area contributed by atoms with Crippen molar-refractivity contribution < 1.29 is 14.3 Å². The van der Waals surface area contributed by atoms with Crippen molar-refractivity contribution in [2.75, 3.05) is 12.4 Å². The number of ether oxygens (including phenoxy) is 1. The molecular weight excluding hydrogens is 296 g/mol. The number of methoxy groups -OCH3 is 1. The van der Waals surface area contributed by atoms with Crippen molar-refractivity contribution in [3.63, 3.8) is 0 Å². The third-order valence-electron chi connectivity index (χ3n) is 2.98. The Kier molecular flexibility index (Phi) is 4.32. The summed E-state index contributed by atoms with van der Waals surface area (Å²) in [5.41, 5.74) is 0.798. The summed E-state index contributed by atoms with van der Waals surface area (Å²) in [6, 6.07) is 4.61. The first-order chi connectivity index (χ1) is 9.93. The zero-order valence-electron chi connectivity index (χ0n) is 11.8. The number of nitrogens with one attached hydrogen (secondary N) is 2. The molecular formula is C13H15ClN4O3. The van der Waals surface area contributed by atoms with E-state index in [2.05, 4.69) is 20.5 Å². The molecule has 2 aromatic rings. The van der Waals surface area contributed by atoms with Crippen LogP contribution in [0.3, 0.4) is 0 Å². The van der Waals surface area contributed by atoms with Gasteiger partial charge in [-0.2, -0.15) is 5.10 Å². The highest BCUT2D eigenvalue weighted by molar-refractivity contribution is 6.36.